The highest BCUT2D eigenvalue weighted by atomic mass is 35.5. The number of ether oxygens (including phenoxy) is 2. The van der Waals surface area contributed by atoms with Crippen LogP contribution in [0.3, 0.4) is 0 Å². The highest BCUT2D eigenvalue weighted by Crippen LogP contribution is 2.09. The van der Waals surface area contributed by atoms with Crippen LogP contribution in [0.5, 0.6) is 0 Å². The topological polar surface area (TPSA) is 30.5 Å². The first kappa shape index (κ1) is 15.2. The fourth-order valence-corrected chi connectivity index (χ4v) is 1.76. The van der Waals surface area contributed by atoms with Crippen LogP contribution in [-0.4, -0.2) is 39.0 Å². The van der Waals surface area contributed by atoms with Gasteiger partial charge in [0.05, 0.1) is 13.2 Å². The minimum Gasteiger partial charge on any atom is -0.379 e. The first-order valence-corrected chi connectivity index (χ1v) is 5.82. The molecule has 1 atom stereocenters. The van der Waals surface area contributed by atoms with Gasteiger partial charge in [0.2, 0.25) is 0 Å². The van der Waals surface area contributed by atoms with Crippen LogP contribution in [0.2, 0.25) is 0 Å². The average molecular weight is 238 g/mol. The smallest absolute Gasteiger partial charge is 0.0700 e. The number of piperidine rings is 1. The molecular formula is C11H24ClNO2. The monoisotopic (exact) mass is 237 g/mol. The lowest BCUT2D eigenvalue weighted by Gasteiger charge is -2.23. The molecule has 0 saturated carbocycles. The second-order valence-corrected chi connectivity index (χ2v) is 3.74. The number of halogens is 1. The van der Waals surface area contributed by atoms with Gasteiger partial charge in [0.15, 0.2) is 0 Å². The Balaban J connectivity index is 0.00000196. The van der Waals surface area contributed by atoms with Crippen molar-refractivity contribution in [2.75, 3.05) is 33.0 Å². The predicted octanol–water partition coefficient (Wildman–Crippen LogP) is 1.99. The van der Waals surface area contributed by atoms with Gasteiger partial charge >= 0.3 is 0 Å². The van der Waals surface area contributed by atoms with Crippen LogP contribution in [0, 0.1) is 0 Å². The molecule has 1 heterocycles. The van der Waals surface area contributed by atoms with Gasteiger partial charge in [-0.15, -0.1) is 12.4 Å². The summed E-state index contributed by atoms with van der Waals surface area (Å²) in [4.78, 5) is 0. The normalized spacial score (nSPS) is 21.0. The van der Waals surface area contributed by atoms with Crippen molar-refractivity contribution in [2.45, 2.75) is 38.6 Å². The van der Waals surface area contributed by atoms with E-state index in [1.165, 1.54) is 25.8 Å². The van der Waals surface area contributed by atoms with E-state index >= 15 is 0 Å². The van der Waals surface area contributed by atoms with E-state index in [2.05, 4.69) is 5.32 Å². The van der Waals surface area contributed by atoms with Crippen molar-refractivity contribution in [3.63, 3.8) is 0 Å². The molecule has 15 heavy (non-hydrogen) atoms. The molecule has 0 aromatic heterocycles. The van der Waals surface area contributed by atoms with E-state index in [9.17, 15) is 0 Å². The van der Waals surface area contributed by atoms with Crippen molar-refractivity contribution in [1.82, 2.24) is 5.32 Å². The van der Waals surface area contributed by atoms with Crippen LogP contribution < -0.4 is 5.32 Å². The van der Waals surface area contributed by atoms with Crippen LogP contribution in [0.25, 0.3) is 0 Å². The minimum atomic E-state index is 0. The van der Waals surface area contributed by atoms with Crippen molar-refractivity contribution in [3.8, 4) is 0 Å². The summed E-state index contributed by atoms with van der Waals surface area (Å²) in [6.45, 7) is 6.31. The van der Waals surface area contributed by atoms with E-state index in [1.54, 1.807) is 0 Å². The van der Waals surface area contributed by atoms with E-state index in [1.807, 2.05) is 6.92 Å². The highest BCUT2D eigenvalue weighted by molar-refractivity contribution is 5.85. The Morgan fingerprint density at radius 1 is 1.13 bits per heavy atom. The Labute approximate surface area is 99.3 Å². The van der Waals surface area contributed by atoms with Crippen molar-refractivity contribution in [3.05, 3.63) is 0 Å². The summed E-state index contributed by atoms with van der Waals surface area (Å²) in [5.41, 5.74) is 0. The second kappa shape index (κ2) is 10.7. The zero-order valence-corrected chi connectivity index (χ0v) is 10.5. The maximum absolute atomic E-state index is 5.47. The third kappa shape index (κ3) is 8.03. The summed E-state index contributed by atoms with van der Waals surface area (Å²) in [6, 6.07) is 0.691. The Morgan fingerprint density at radius 3 is 2.60 bits per heavy atom. The van der Waals surface area contributed by atoms with Gasteiger partial charge in [0, 0.05) is 19.3 Å². The SMILES string of the molecule is CCOCCOCCC1CCCCN1.Cl. The third-order valence-electron chi connectivity index (χ3n) is 2.60. The molecule has 3 nitrogen and oxygen atoms in total. The molecule has 92 valence electrons. The Kier molecular flexibility index (Phi) is 10.8. The van der Waals surface area contributed by atoms with Crippen LogP contribution in [0.1, 0.15) is 32.6 Å². The summed E-state index contributed by atoms with van der Waals surface area (Å²) in [6.07, 6.45) is 5.17. The van der Waals surface area contributed by atoms with Gasteiger partial charge in [-0.2, -0.15) is 0 Å². The summed E-state index contributed by atoms with van der Waals surface area (Å²) >= 11 is 0. The summed E-state index contributed by atoms with van der Waals surface area (Å²) in [5.74, 6) is 0. The van der Waals surface area contributed by atoms with E-state index in [0.29, 0.717) is 6.04 Å². The predicted molar refractivity (Wildman–Crippen MR) is 64.8 cm³/mol. The Hall–Kier alpha value is 0.170. The maximum atomic E-state index is 5.47. The van der Waals surface area contributed by atoms with E-state index in [0.717, 1.165) is 32.8 Å². The molecular weight excluding hydrogens is 214 g/mol. The summed E-state index contributed by atoms with van der Waals surface area (Å²) in [7, 11) is 0. The van der Waals surface area contributed by atoms with Gasteiger partial charge in [-0.05, 0) is 32.7 Å². The molecule has 1 rings (SSSR count). The molecule has 1 N–H and O–H groups in total. The summed E-state index contributed by atoms with van der Waals surface area (Å²) in [5, 5.41) is 3.51. The third-order valence-corrected chi connectivity index (χ3v) is 2.60. The fourth-order valence-electron chi connectivity index (χ4n) is 1.76. The molecule has 4 heteroatoms. The van der Waals surface area contributed by atoms with E-state index in [-0.39, 0.29) is 12.4 Å². The molecule has 1 saturated heterocycles. The maximum Gasteiger partial charge on any atom is 0.0700 e. The van der Waals surface area contributed by atoms with Gasteiger partial charge in [-0.1, -0.05) is 6.42 Å². The van der Waals surface area contributed by atoms with Crippen LogP contribution in [0.4, 0.5) is 0 Å². The number of rotatable bonds is 7. The molecule has 0 aromatic carbocycles. The number of hydrogen-bond donors (Lipinski definition) is 1. The van der Waals surface area contributed by atoms with Gasteiger partial charge in [-0.3, -0.25) is 0 Å². The Morgan fingerprint density at radius 2 is 1.93 bits per heavy atom. The van der Waals surface area contributed by atoms with Crippen molar-refractivity contribution < 1.29 is 9.47 Å². The van der Waals surface area contributed by atoms with Gasteiger partial charge < -0.3 is 14.8 Å². The second-order valence-electron chi connectivity index (χ2n) is 3.74. The van der Waals surface area contributed by atoms with Crippen molar-refractivity contribution in [2.24, 2.45) is 0 Å². The first-order chi connectivity index (χ1) is 6.93. The quantitative estimate of drug-likeness (QED) is 0.687. The zero-order valence-electron chi connectivity index (χ0n) is 9.67. The highest BCUT2D eigenvalue weighted by Gasteiger charge is 2.11. The molecule has 1 unspecified atom stereocenters. The first-order valence-electron chi connectivity index (χ1n) is 5.82. The number of nitrogens with one attached hydrogen (secondary N) is 1. The van der Waals surface area contributed by atoms with Gasteiger partial charge in [0.1, 0.15) is 0 Å². The lowest BCUT2D eigenvalue weighted by Crippen LogP contribution is -2.34. The molecule has 1 aliphatic heterocycles. The van der Waals surface area contributed by atoms with Gasteiger partial charge in [0.25, 0.3) is 0 Å². The Bertz CT molecular complexity index is 130. The van der Waals surface area contributed by atoms with Gasteiger partial charge in [-0.25, -0.2) is 0 Å². The molecule has 0 radical (unpaired) electrons. The van der Waals surface area contributed by atoms with Crippen LogP contribution >= 0.6 is 12.4 Å². The molecule has 1 fully saturated rings. The average Bonchev–Trinajstić information content (AvgIpc) is 2.25. The van der Waals surface area contributed by atoms with Crippen molar-refractivity contribution >= 4 is 12.4 Å². The lowest BCUT2D eigenvalue weighted by atomic mass is 10.0. The molecule has 1 aliphatic rings. The van der Waals surface area contributed by atoms with Crippen molar-refractivity contribution in [1.29, 1.82) is 0 Å². The van der Waals surface area contributed by atoms with Crippen LogP contribution in [0.15, 0.2) is 0 Å². The molecule has 0 aliphatic carbocycles. The van der Waals surface area contributed by atoms with Crippen LogP contribution in [-0.2, 0) is 9.47 Å². The molecule has 0 aromatic rings. The van der Waals surface area contributed by atoms with E-state index in [4.69, 9.17) is 9.47 Å². The zero-order chi connectivity index (χ0) is 10.1. The minimum absolute atomic E-state index is 0. The largest absolute Gasteiger partial charge is 0.379 e. The number of hydrogen-bond acceptors (Lipinski definition) is 3. The molecule has 0 bridgehead atoms. The standard InChI is InChI=1S/C11H23NO2.ClH/c1-2-13-9-10-14-8-6-11-5-3-4-7-12-11;/h11-12H,2-10H2,1H3;1H. The summed E-state index contributed by atoms with van der Waals surface area (Å²) < 4.78 is 10.7. The molecule has 0 spiro atoms. The lowest BCUT2D eigenvalue weighted by molar-refractivity contribution is 0.0483. The van der Waals surface area contributed by atoms with E-state index < -0.39 is 0 Å². The fraction of sp³-hybridized carbons (Fsp3) is 1.00. The molecule has 0 amide bonds.